The number of aliphatic hydroxyl groups excluding tert-OH is 8. The number of carbonyl (C=O) groups excluding carboxylic acids is 1. The summed E-state index contributed by atoms with van der Waals surface area (Å²) in [5.41, 5.74) is 2.49. The fraction of sp³-hybridized carbons (Fsp3) is 0.487. The number of aromatic carboxylic acids is 1. The molecule has 1 saturated carbocycles. The van der Waals surface area contributed by atoms with Gasteiger partial charge in [0.15, 0.2) is 0 Å². The van der Waals surface area contributed by atoms with Crippen LogP contribution in [0.15, 0.2) is 36.7 Å². The summed E-state index contributed by atoms with van der Waals surface area (Å²) in [5, 5.41) is 102. The third kappa shape index (κ3) is 8.96. The molecule has 1 amide bonds. The number of nitrogens with zero attached hydrogens (tertiary/aromatic N) is 3. The highest BCUT2D eigenvalue weighted by molar-refractivity contribution is 6.00. The lowest BCUT2D eigenvalue weighted by Gasteiger charge is -2.37. The second-order valence-electron chi connectivity index (χ2n) is 14.3. The number of carboxylic acid groups (broad SMARTS) is 1. The molecule has 0 bridgehead atoms. The van der Waals surface area contributed by atoms with Crippen LogP contribution in [0.5, 0.6) is 0 Å². The van der Waals surface area contributed by atoms with E-state index in [4.69, 9.17) is 14.6 Å². The number of hydrogen-bond donors (Lipinski definition) is 11. The average molecular weight is 792 g/mol. The van der Waals surface area contributed by atoms with Crippen LogP contribution in [0.4, 0.5) is 0 Å². The zero-order valence-electron chi connectivity index (χ0n) is 30.8. The van der Waals surface area contributed by atoms with Crippen molar-refractivity contribution in [1.82, 2.24) is 25.3 Å². The minimum Gasteiger partial charge on any atom is -0.478 e. The van der Waals surface area contributed by atoms with E-state index in [2.05, 4.69) is 44.1 Å². The summed E-state index contributed by atoms with van der Waals surface area (Å²) in [6.45, 7) is -1.08. The van der Waals surface area contributed by atoms with Crippen molar-refractivity contribution in [2.45, 2.75) is 99.2 Å². The number of aromatic nitrogens is 4. The Kier molecular flexibility index (Phi) is 13.2. The number of hydrogen-bond acceptors (Lipinski definition) is 14. The molecule has 1 aliphatic carbocycles. The molecule has 18 nitrogen and oxygen atoms in total. The van der Waals surface area contributed by atoms with E-state index in [9.17, 15) is 50.4 Å². The van der Waals surface area contributed by atoms with Crippen molar-refractivity contribution in [3.63, 3.8) is 0 Å². The van der Waals surface area contributed by atoms with Crippen LogP contribution in [0.3, 0.4) is 0 Å². The molecule has 3 fully saturated rings. The van der Waals surface area contributed by atoms with E-state index in [1.165, 1.54) is 24.8 Å². The van der Waals surface area contributed by atoms with Gasteiger partial charge in [0.25, 0.3) is 5.91 Å². The standard InChI is InChI=1S/C23H29N3O6.C16H16N2O7/c1-26(16-5-3-2-4-6-16)23(31)14-9-13(19-15(10-14)11-24-25-19)7-8-17-20(28)22(30)21(29)18(12-27)32-17;19-6-11-14(21)15(22)13(20)10(25-11)2-1-7-3-8(16(23)24)4-9-5-17-18-12(7)9/h9-11,16-18,20-22,27-30H,2-6,12H2,1H3,(H,24,25);3-5,10-11,13-15,19-22H,6H2,(H,17,18)(H,23,24)/t17-,18-,20-,21-,22-;10-,11-,13-,14-,15-/m11/s1. The zero-order valence-corrected chi connectivity index (χ0v) is 30.8. The van der Waals surface area contributed by atoms with Crippen molar-refractivity contribution in [1.29, 1.82) is 0 Å². The number of amides is 1. The highest BCUT2D eigenvalue weighted by Crippen LogP contribution is 2.27. The molecular formula is C39H45N5O13. The lowest BCUT2D eigenvalue weighted by molar-refractivity contribution is -0.214. The fourth-order valence-electron chi connectivity index (χ4n) is 7.14. The van der Waals surface area contributed by atoms with Crippen molar-refractivity contribution in [3.05, 3.63) is 58.9 Å². The van der Waals surface area contributed by atoms with Crippen molar-refractivity contribution in [2.24, 2.45) is 0 Å². The summed E-state index contributed by atoms with van der Waals surface area (Å²) in [6.07, 6.45) is -4.70. The molecule has 11 N–H and O–H groups in total. The summed E-state index contributed by atoms with van der Waals surface area (Å²) >= 11 is 0. The van der Waals surface area contributed by atoms with Crippen LogP contribution in [-0.2, 0) is 9.47 Å². The monoisotopic (exact) mass is 791 g/mol. The van der Waals surface area contributed by atoms with Crippen LogP contribution in [-0.4, -0.2) is 170 Å². The van der Waals surface area contributed by atoms with Crippen LogP contribution in [0.1, 0.15) is 63.9 Å². The molecule has 4 heterocycles. The summed E-state index contributed by atoms with van der Waals surface area (Å²) in [5.74, 6) is 9.78. The molecule has 0 spiro atoms. The summed E-state index contributed by atoms with van der Waals surface area (Å²) in [7, 11) is 1.83. The Labute approximate surface area is 325 Å². The maximum absolute atomic E-state index is 13.2. The predicted molar refractivity (Wildman–Crippen MR) is 199 cm³/mol. The highest BCUT2D eigenvalue weighted by Gasteiger charge is 2.44. The normalized spacial score (nSPS) is 29.0. The van der Waals surface area contributed by atoms with Crippen LogP contribution in [0.2, 0.25) is 0 Å². The fourth-order valence-corrected chi connectivity index (χ4v) is 7.14. The first kappa shape index (κ1) is 41.7. The van der Waals surface area contributed by atoms with E-state index in [0.717, 1.165) is 31.1 Å². The predicted octanol–water partition coefficient (Wildman–Crippen LogP) is -1.38. The summed E-state index contributed by atoms with van der Waals surface area (Å²) in [6, 6.07) is 6.47. The molecule has 304 valence electrons. The molecule has 2 aromatic heterocycles. The number of fused-ring (bicyclic) bond motifs is 2. The van der Waals surface area contributed by atoms with Gasteiger partial charge in [-0.25, -0.2) is 4.79 Å². The molecule has 2 saturated heterocycles. The molecule has 2 aliphatic heterocycles. The third-order valence-electron chi connectivity index (χ3n) is 10.5. The molecule has 4 aromatic rings. The van der Waals surface area contributed by atoms with Gasteiger partial charge in [0.2, 0.25) is 0 Å². The van der Waals surface area contributed by atoms with E-state index in [0.29, 0.717) is 33.1 Å². The molecule has 57 heavy (non-hydrogen) atoms. The molecular weight excluding hydrogens is 746 g/mol. The van der Waals surface area contributed by atoms with Crippen LogP contribution >= 0.6 is 0 Å². The molecule has 2 aromatic carbocycles. The molecule has 10 atom stereocenters. The first-order valence-corrected chi connectivity index (χ1v) is 18.4. The number of aromatic amines is 2. The second kappa shape index (κ2) is 18.1. The van der Waals surface area contributed by atoms with E-state index in [1.54, 1.807) is 23.2 Å². The van der Waals surface area contributed by atoms with Gasteiger partial charge in [-0.1, -0.05) is 42.9 Å². The Bertz CT molecular complexity index is 2180. The number of nitrogens with one attached hydrogen (secondary N) is 2. The van der Waals surface area contributed by atoms with Crippen molar-refractivity contribution >= 4 is 33.7 Å². The Hall–Kier alpha value is -4.96. The van der Waals surface area contributed by atoms with Gasteiger partial charge < -0.3 is 60.3 Å². The summed E-state index contributed by atoms with van der Waals surface area (Å²) in [4.78, 5) is 26.2. The maximum atomic E-state index is 13.2. The van der Waals surface area contributed by atoms with Gasteiger partial charge in [-0.05, 0) is 37.1 Å². The number of carbonyl (C=O) groups is 2. The SMILES string of the molecule is CN(C(=O)c1cc(C#C[C@H]2O[C@H](CO)[C@@H](O)[C@H](O)[C@@H]2O)c2[nH]ncc2c1)C1CCCCC1.O=C(O)c1cc(C#C[C@H]2O[C@H](CO)[C@@H](O)[C@H](O)[C@@H]2O)c2[nH]ncc2c1. The minimum atomic E-state index is -1.53. The largest absolute Gasteiger partial charge is 0.478 e. The zero-order chi connectivity index (χ0) is 41.0. The second-order valence-corrected chi connectivity index (χ2v) is 14.3. The first-order chi connectivity index (χ1) is 27.3. The van der Waals surface area contributed by atoms with E-state index >= 15 is 0 Å². The Morgan fingerprint density at radius 2 is 1.16 bits per heavy atom. The minimum absolute atomic E-state index is 0.0204. The van der Waals surface area contributed by atoms with E-state index < -0.39 is 80.2 Å². The molecule has 0 unspecified atom stereocenters. The topological polar surface area (TPSA) is 295 Å². The van der Waals surface area contributed by atoms with Gasteiger partial charge in [-0.3, -0.25) is 15.0 Å². The Balaban J connectivity index is 0.000000199. The Morgan fingerprint density at radius 1 is 0.702 bits per heavy atom. The quantitative estimate of drug-likeness (QED) is 0.104. The lowest BCUT2D eigenvalue weighted by Crippen LogP contribution is -2.58. The van der Waals surface area contributed by atoms with E-state index in [-0.39, 0.29) is 17.5 Å². The van der Waals surface area contributed by atoms with Gasteiger partial charge in [-0.15, -0.1) is 0 Å². The third-order valence-corrected chi connectivity index (χ3v) is 10.5. The number of benzene rings is 2. The van der Waals surface area contributed by atoms with Crippen molar-refractivity contribution < 1.29 is 65.0 Å². The number of carboxylic acids is 1. The maximum Gasteiger partial charge on any atom is 0.335 e. The lowest BCUT2D eigenvalue weighted by atomic mass is 9.94. The summed E-state index contributed by atoms with van der Waals surface area (Å²) < 4.78 is 10.8. The number of H-pyrrole nitrogens is 2. The van der Waals surface area contributed by atoms with Crippen LogP contribution in [0, 0.1) is 23.7 Å². The first-order valence-electron chi connectivity index (χ1n) is 18.4. The van der Waals surface area contributed by atoms with Crippen LogP contribution in [0.25, 0.3) is 21.8 Å². The van der Waals surface area contributed by atoms with Gasteiger partial charge >= 0.3 is 5.97 Å². The van der Waals surface area contributed by atoms with Gasteiger partial charge in [0, 0.05) is 29.4 Å². The Morgan fingerprint density at radius 3 is 1.61 bits per heavy atom. The molecule has 0 radical (unpaired) electrons. The van der Waals surface area contributed by atoms with Crippen molar-refractivity contribution in [3.8, 4) is 23.7 Å². The number of ether oxygens (including phenoxy) is 2. The number of aliphatic hydroxyl groups is 8. The molecule has 18 heteroatoms. The van der Waals surface area contributed by atoms with Gasteiger partial charge in [-0.2, -0.15) is 10.2 Å². The van der Waals surface area contributed by atoms with Crippen LogP contribution < -0.4 is 0 Å². The number of rotatable bonds is 5. The molecule has 7 rings (SSSR count). The van der Waals surface area contributed by atoms with Crippen molar-refractivity contribution in [2.75, 3.05) is 20.3 Å². The highest BCUT2D eigenvalue weighted by atomic mass is 16.5. The smallest absolute Gasteiger partial charge is 0.335 e. The molecule has 3 aliphatic rings. The van der Waals surface area contributed by atoms with Gasteiger partial charge in [0.1, 0.15) is 61.0 Å². The average Bonchev–Trinajstić information content (AvgIpc) is 3.92. The van der Waals surface area contributed by atoms with Gasteiger partial charge in [0.05, 0.1) is 53.3 Å². The van der Waals surface area contributed by atoms with E-state index in [1.807, 2.05) is 7.05 Å².